The lowest BCUT2D eigenvalue weighted by atomic mass is 9.98. The lowest BCUT2D eigenvalue weighted by Gasteiger charge is -2.24. The van der Waals surface area contributed by atoms with Crippen molar-refractivity contribution in [2.24, 2.45) is 11.8 Å². The molecule has 0 aliphatic rings. The number of benzene rings is 1. The first-order chi connectivity index (χ1) is 16.8. The Bertz CT molecular complexity index is 957. The van der Waals surface area contributed by atoms with Gasteiger partial charge in [0.05, 0.1) is 22.7 Å². The highest BCUT2D eigenvalue weighted by Crippen LogP contribution is 2.39. The highest BCUT2D eigenvalue weighted by Gasteiger charge is 2.43. The van der Waals surface area contributed by atoms with Crippen molar-refractivity contribution in [1.82, 2.24) is 10.6 Å². The van der Waals surface area contributed by atoms with E-state index in [1.807, 2.05) is 0 Å². The van der Waals surface area contributed by atoms with Crippen molar-refractivity contribution in [3.63, 3.8) is 0 Å². The van der Waals surface area contributed by atoms with E-state index in [1.165, 1.54) is 6.92 Å². The van der Waals surface area contributed by atoms with E-state index in [0.717, 1.165) is 0 Å². The number of Topliss-reactive ketones (excluding diaryl/α,β-unsaturated/α-hetero) is 1. The van der Waals surface area contributed by atoms with E-state index in [-0.39, 0.29) is 24.7 Å². The Balaban J connectivity index is 3.17. The predicted octanol–water partition coefficient (Wildman–Crippen LogP) is 4.53. The maximum Gasteiger partial charge on any atom is 0.417 e. The smallest absolute Gasteiger partial charge is 0.417 e. The summed E-state index contributed by atoms with van der Waals surface area (Å²) >= 11 is 0. The van der Waals surface area contributed by atoms with Crippen LogP contribution in [0.25, 0.3) is 0 Å². The van der Waals surface area contributed by atoms with Crippen LogP contribution >= 0.6 is 0 Å². The molecule has 0 aliphatic heterocycles. The van der Waals surface area contributed by atoms with E-state index < -0.39 is 71.3 Å². The summed E-state index contributed by atoms with van der Waals surface area (Å²) in [6, 6.07) is -1.16. The molecule has 7 nitrogen and oxygen atoms in total. The maximum absolute atomic E-state index is 13.3. The highest BCUT2D eigenvalue weighted by molar-refractivity contribution is 5.97. The number of carbonyl (C=O) groups excluding carboxylic acids is 4. The fourth-order valence-electron chi connectivity index (χ4n) is 3.52. The molecule has 0 unspecified atom stereocenters. The van der Waals surface area contributed by atoms with Gasteiger partial charge in [-0.2, -0.15) is 26.3 Å². The van der Waals surface area contributed by atoms with Crippen LogP contribution in [0.3, 0.4) is 0 Å². The molecule has 0 aliphatic carbocycles. The number of alkyl halides is 6. The number of amides is 2. The van der Waals surface area contributed by atoms with Crippen LogP contribution in [0, 0.1) is 11.8 Å². The second-order valence-corrected chi connectivity index (χ2v) is 9.34. The van der Waals surface area contributed by atoms with Gasteiger partial charge in [0.2, 0.25) is 11.8 Å². The molecule has 2 amide bonds. The molecule has 0 fully saturated rings. The average molecular weight is 541 g/mol. The topological polar surface area (TPSA) is 102 Å². The van der Waals surface area contributed by atoms with Gasteiger partial charge in [0.25, 0.3) is 0 Å². The molecule has 208 valence electrons. The monoisotopic (exact) mass is 540 g/mol. The lowest BCUT2D eigenvalue weighted by Crippen LogP contribution is -2.52. The zero-order valence-electron chi connectivity index (χ0n) is 21.0. The van der Waals surface area contributed by atoms with Crippen LogP contribution in [0.4, 0.5) is 26.3 Å². The number of rotatable bonds is 11. The van der Waals surface area contributed by atoms with Crippen molar-refractivity contribution in [1.29, 1.82) is 0 Å². The third-order valence-electron chi connectivity index (χ3n) is 5.04. The molecular weight excluding hydrogens is 510 g/mol. The fourth-order valence-corrected chi connectivity index (χ4v) is 3.52. The van der Waals surface area contributed by atoms with E-state index in [9.17, 15) is 45.5 Å². The molecule has 2 N–H and O–H groups in total. The standard InChI is InChI=1S/C24H30F6N2O5/c1-12(2)9-17(32-21(35)18(10-13(3)4)31-14(5)33)19(34)11-37-22(36)20-15(23(25,26)27)7-6-8-16(20)24(28,29)30/h6-8,12-13,17-18H,9-11H2,1-5H3,(H,31,33)(H,32,35)/t17-,18-/m0/s1. The van der Waals surface area contributed by atoms with Crippen molar-refractivity contribution < 1.29 is 50.3 Å². The predicted molar refractivity (Wildman–Crippen MR) is 120 cm³/mol. The summed E-state index contributed by atoms with van der Waals surface area (Å²) in [7, 11) is 0. The lowest BCUT2D eigenvalue weighted by molar-refractivity contribution is -0.144. The van der Waals surface area contributed by atoms with Gasteiger partial charge in [-0.1, -0.05) is 33.8 Å². The largest absolute Gasteiger partial charge is 0.454 e. The Morgan fingerprint density at radius 1 is 0.811 bits per heavy atom. The molecule has 2 atom stereocenters. The van der Waals surface area contributed by atoms with Gasteiger partial charge < -0.3 is 15.4 Å². The van der Waals surface area contributed by atoms with Crippen LogP contribution in [0.2, 0.25) is 0 Å². The number of esters is 1. The Kier molecular flexibility index (Phi) is 11.1. The molecule has 13 heteroatoms. The molecule has 1 aromatic carbocycles. The normalized spacial score (nSPS) is 13.8. The molecule has 0 saturated heterocycles. The Hall–Kier alpha value is -3.12. The molecule has 0 saturated carbocycles. The molecule has 1 rings (SSSR count). The van der Waals surface area contributed by atoms with Crippen LogP contribution in [0.5, 0.6) is 0 Å². The summed E-state index contributed by atoms with van der Waals surface area (Å²) in [5, 5.41) is 4.90. The number of halogens is 6. The summed E-state index contributed by atoms with van der Waals surface area (Å²) in [6.45, 7) is 7.01. The third kappa shape index (κ3) is 10.0. The quantitative estimate of drug-likeness (QED) is 0.317. The van der Waals surface area contributed by atoms with E-state index >= 15 is 0 Å². The van der Waals surface area contributed by atoms with Crippen LogP contribution in [0.1, 0.15) is 68.9 Å². The van der Waals surface area contributed by atoms with Gasteiger partial charge in [-0.05, 0) is 36.8 Å². The van der Waals surface area contributed by atoms with Gasteiger partial charge in [0.1, 0.15) is 6.04 Å². The highest BCUT2D eigenvalue weighted by atomic mass is 19.4. The van der Waals surface area contributed by atoms with Crippen LogP contribution in [0.15, 0.2) is 18.2 Å². The number of nitrogens with one attached hydrogen (secondary N) is 2. The van der Waals surface area contributed by atoms with Crippen molar-refractivity contribution in [2.75, 3.05) is 6.61 Å². The Morgan fingerprint density at radius 2 is 1.27 bits per heavy atom. The van der Waals surface area contributed by atoms with Crippen molar-refractivity contribution in [2.45, 2.75) is 71.9 Å². The SMILES string of the molecule is CC(=O)N[C@@H](CC(C)C)C(=O)N[C@@H](CC(C)C)C(=O)COC(=O)c1c(C(F)(F)F)cccc1C(F)(F)F. The van der Waals surface area contributed by atoms with Gasteiger partial charge in [0, 0.05) is 6.92 Å². The zero-order chi connectivity index (χ0) is 28.7. The van der Waals surface area contributed by atoms with E-state index in [4.69, 9.17) is 0 Å². The minimum atomic E-state index is -5.30. The van der Waals surface area contributed by atoms with Crippen molar-refractivity contribution in [3.8, 4) is 0 Å². The fraction of sp³-hybridized carbons (Fsp3) is 0.583. The van der Waals surface area contributed by atoms with E-state index in [2.05, 4.69) is 15.4 Å². The molecule has 0 bridgehead atoms. The molecule has 1 aromatic rings. The molecule has 0 aromatic heterocycles. The summed E-state index contributed by atoms with van der Waals surface area (Å²) < 4.78 is 84.6. The van der Waals surface area contributed by atoms with Gasteiger partial charge in [-0.3, -0.25) is 14.4 Å². The van der Waals surface area contributed by atoms with Crippen molar-refractivity contribution in [3.05, 3.63) is 34.9 Å². The second-order valence-electron chi connectivity index (χ2n) is 9.34. The first-order valence-electron chi connectivity index (χ1n) is 11.4. The second kappa shape index (κ2) is 12.9. The molecule has 0 radical (unpaired) electrons. The minimum Gasteiger partial charge on any atom is -0.454 e. The first kappa shape index (κ1) is 31.9. The Morgan fingerprint density at radius 3 is 1.68 bits per heavy atom. The van der Waals surface area contributed by atoms with E-state index in [0.29, 0.717) is 18.2 Å². The third-order valence-corrected chi connectivity index (χ3v) is 5.04. The molecule has 37 heavy (non-hydrogen) atoms. The Labute approximate surface area is 210 Å². The number of carbonyl (C=O) groups is 4. The number of hydrogen-bond donors (Lipinski definition) is 2. The minimum absolute atomic E-state index is 0.0145. The summed E-state index contributed by atoms with van der Waals surface area (Å²) in [5.41, 5.74) is -5.49. The van der Waals surface area contributed by atoms with Gasteiger partial charge in [-0.15, -0.1) is 0 Å². The van der Waals surface area contributed by atoms with Gasteiger partial charge in [-0.25, -0.2) is 4.79 Å². The van der Waals surface area contributed by atoms with E-state index in [1.54, 1.807) is 27.7 Å². The summed E-state index contributed by atoms with van der Waals surface area (Å²) in [6.07, 6.45) is -10.3. The van der Waals surface area contributed by atoms with Crippen molar-refractivity contribution >= 4 is 23.6 Å². The van der Waals surface area contributed by atoms with Crippen LogP contribution in [-0.2, 0) is 31.5 Å². The number of ether oxygens (including phenoxy) is 1. The van der Waals surface area contributed by atoms with Crippen LogP contribution < -0.4 is 10.6 Å². The average Bonchev–Trinajstić information content (AvgIpc) is 2.73. The number of ketones is 1. The number of hydrogen-bond acceptors (Lipinski definition) is 5. The zero-order valence-corrected chi connectivity index (χ0v) is 21.0. The van der Waals surface area contributed by atoms with Gasteiger partial charge in [0.15, 0.2) is 12.4 Å². The van der Waals surface area contributed by atoms with Gasteiger partial charge >= 0.3 is 18.3 Å². The maximum atomic E-state index is 13.3. The first-order valence-corrected chi connectivity index (χ1v) is 11.4. The molecular formula is C24H30F6N2O5. The van der Waals surface area contributed by atoms with Crippen LogP contribution in [-0.4, -0.2) is 42.3 Å². The molecule has 0 heterocycles. The summed E-state index contributed by atoms with van der Waals surface area (Å²) in [4.78, 5) is 49.4. The summed E-state index contributed by atoms with van der Waals surface area (Å²) in [5.74, 6) is -4.34. The molecule has 0 spiro atoms.